The molecule has 9 heteroatoms. The van der Waals surface area contributed by atoms with Crippen LogP contribution >= 0.6 is 0 Å². The van der Waals surface area contributed by atoms with Gasteiger partial charge in [-0.2, -0.15) is 0 Å². The van der Waals surface area contributed by atoms with Crippen LogP contribution in [0.1, 0.15) is 19.8 Å². The molecule has 1 heterocycles. The Bertz CT molecular complexity index is 745. The Hall–Kier alpha value is -2.00. The SMILES string of the molecule is CC(OC(=O)C1CCN(S(C)(=O)=O)CC1)C(=O)Nc1cccc(F)c1. The number of hydrogen-bond acceptors (Lipinski definition) is 5. The van der Waals surface area contributed by atoms with Crippen molar-refractivity contribution >= 4 is 27.6 Å². The molecule has 2 rings (SSSR count). The lowest BCUT2D eigenvalue weighted by molar-refractivity contribution is -0.158. The monoisotopic (exact) mass is 372 g/mol. The molecule has 0 bridgehead atoms. The summed E-state index contributed by atoms with van der Waals surface area (Å²) >= 11 is 0. The van der Waals surface area contributed by atoms with Crippen molar-refractivity contribution in [2.75, 3.05) is 24.7 Å². The number of carbonyl (C=O) groups excluding carboxylic acids is 2. The summed E-state index contributed by atoms with van der Waals surface area (Å²) in [6.45, 7) is 1.93. The molecule has 25 heavy (non-hydrogen) atoms. The first-order chi connectivity index (χ1) is 11.7. The summed E-state index contributed by atoms with van der Waals surface area (Å²) in [7, 11) is -3.26. The Kier molecular flexibility index (Phi) is 6.12. The summed E-state index contributed by atoms with van der Waals surface area (Å²) in [5, 5.41) is 2.47. The van der Waals surface area contributed by atoms with Crippen LogP contribution in [-0.4, -0.2) is 50.0 Å². The topological polar surface area (TPSA) is 92.8 Å². The van der Waals surface area contributed by atoms with Crippen molar-refractivity contribution in [3.63, 3.8) is 0 Å². The normalized spacial score (nSPS) is 17.7. The summed E-state index contributed by atoms with van der Waals surface area (Å²) < 4.78 is 42.5. The van der Waals surface area contributed by atoms with Crippen LogP contribution in [-0.2, 0) is 24.3 Å². The third-order valence-electron chi connectivity index (χ3n) is 4.01. The van der Waals surface area contributed by atoms with Crippen molar-refractivity contribution in [1.82, 2.24) is 4.31 Å². The summed E-state index contributed by atoms with van der Waals surface area (Å²) in [6, 6.07) is 5.39. The Balaban J connectivity index is 1.85. The van der Waals surface area contributed by atoms with Gasteiger partial charge in [0, 0.05) is 18.8 Å². The number of carbonyl (C=O) groups is 2. The van der Waals surface area contributed by atoms with Gasteiger partial charge < -0.3 is 10.1 Å². The van der Waals surface area contributed by atoms with Gasteiger partial charge >= 0.3 is 5.97 Å². The number of anilines is 1. The molecule has 1 amide bonds. The van der Waals surface area contributed by atoms with Crippen molar-refractivity contribution in [3.05, 3.63) is 30.1 Å². The molecule has 0 aliphatic carbocycles. The molecule has 0 saturated carbocycles. The summed E-state index contributed by atoms with van der Waals surface area (Å²) in [4.78, 5) is 24.2. The zero-order valence-electron chi connectivity index (χ0n) is 14.1. The second-order valence-corrected chi connectivity index (χ2v) is 8.00. The van der Waals surface area contributed by atoms with Gasteiger partial charge in [-0.3, -0.25) is 9.59 Å². The highest BCUT2D eigenvalue weighted by molar-refractivity contribution is 7.88. The molecule has 1 unspecified atom stereocenters. The van der Waals surface area contributed by atoms with Crippen LogP contribution in [0.4, 0.5) is 10.1 Å². The van der Waals surface area contributed by atoms with Crippen LogP contribution in [0, 0.1) is 11.7 Å². The molecule has 1 N–H and O–H groups in total. The molecule has 0 aromatic heterocycles. The zero-order valence-corrected chi connectivity index (χ0v) is 14.9. The van der Waals surface area contributed by atoms with Crippen molar-refractivity contribution in [2.45, 2.75) is 25.9 Å². The Morgan fingerprint density at radius 2 is 1.96 bits per heavy atom. The molecule has 0 radical (unpaired) electrons. The molecule has 1 aromatic carbocycles. The predicted molar refractivity (Wildman–Crippen MR) is 89.7 cm³/mol. The number of esters is 1. The summed E-state index contributed by atoms with van der Waals surface area (Å²) in [6.07, 6.45) is 0.794. The molecule has 1 aliphatic rings. The fraction of sp³-hybridized carbons (Fsp3) is 0.500. The third kappa shape index (κ3) is 5.50. The quantitative estimate of drug-likeness (QED) is 0.788. The smallest absolute Gasteiger partial charge is 0.309 e. The number of sulfonamides is 1. The standard InChI is InChI=1S/C16H21FN2O5S/c1-11(15(20)18-14-5-3-4-13(17)10-14)24-16(21)12-6-8-19(9-7-12)25(2,22)23/h3-5,10-12H,6-9H2,1-2H3,(H,18,20). The fourth-order valence-electron chi connectivity index (χ4n) is 2.56. The van der Waals surface area contributed by atoms with E-state index in [4.69, 9.17) is 4.74 Å². The van der Waals surface area contributed by atoms with Crippen LogP contribution in [0.3, 0.4) is 0 Å². The minimum atomic E-state index is -3.26. The van der Waals surface area contributed by atoms with Crippen LogP contribution in [0.5, 0.6) is 0 Å². The molecule has 1 atom stereocenters. The second-order valence-electron chi connectivity index (χ2n) is 6.02. The van der Waals surface area contributed by atoms with E-state index in [1.165, 1.54) is 29.4 Å². The molecule has 1 aliphatic heterocycles. The Morgan fingerprint density at radius 1 is 1.32 bits per heavy atom. The maximum atomic E-state index is 13.1. The van der Waals surface area contributed by atoms with E-state index in [2.05, 4.69) is 5.32 Å². The van der Waals surface area contributed by atoms with Crippen LogP contribution in [0.2, 0.25) is 0 Å². The van der Waals surface area contributed by atoms with Gasteiger partial charge in [-0.15, -0.1) is 0 Å². The largest absolute Gasteiger partial charge is 0.452 e. The van der Waals surface area contributed by atoms with Gasteiger partial charge in [0.1, 0.15) is 5.82 Å². The number of hydrogen-bond donors (Lipinski definition) is 1. The molecular weight excluding hydrogens is 351 g/mol. The lowest BCUT2D eigenvalue weighted by Gasteiger charge is -2.29. The maximum absolute atomic E-state index is 13.1. The van der Waals surface area contributed by atoms with E-state index in [9.17, 15) is 22.4 Å². The van der Waals surface area contributed by atoms with Gasteiger partial charge in [-0.05, 0) is 38.0 Å². The maximum Gasteiger partial charge on any atom is 0.309 e. The van der Waals surface area contributed by atoms with E-state index >= 15 is 0 Å². The average molecular weight is 372 g/mol. The van der Waals surface area contributed by atoms with E-state index in [1.54, 1.807) is 0 Å². The predicted octanol–water partition coefficient (Wildman–Crippen LogP) is 1.37. The first kappa shape index (κ1) is 19.3. The molecule has 7 nitrogen and oxygen atoms in total. The number of benzene rings is 1. The van der Waals surface area contributed by atoms with E-state index in [1.807, 2.05) is 0 Å². The molecule has 1 fully saturated rings. The number of ether oxygens (including phenoxy) is 1. The Labute approximate surface area is 146 Å². The highest BCUT2D eigenvalue weighted by Gasteiger charge is 2.31. The van der Waals surface area contributed by atoms with Gasteiger partial charge in [-0.1, -0.05) is 6.07 Å². The summed E-state index contributed by atoms with van der Waals surface area (Å²) in [5.74, 6) is -2.02. The van der Waals surface area contributed by atoms with Gasteiger partial charge in [-0.25, -0.2) is 17.1 Å². The van der Waals surface area contributed by atoms with E-state index < -0.39 is 39.7 Å². The second kappa shape index (κ2) is 7.92. The number of nitrogens with zero attached hydrogens (tertiary/aromatic N) is 1. The van der Waals surface area contributed by atoms with Crippen LogP contribution in [0.25, 0.3) is 0 Å². The van der Waals surface area contributed by atoms with Crippen molar-refractivity contribution in [2.24, 2.45) is 5.92 Å². The minimum Gasteiger partial charge on any atom is -0.452 e. The molecular formula is C16H21FN2O5S. The molecule has 138 valence electrons. The number of halogens is 1. The van der Waals surface area contributed by atoms with Crippen LogP contribution < -0.4 is 5.32 Å². The fourth-order valence-corrected chi connectivity index (χ4v) is 3.43. The first-order valence-corrected chi connectivity index (χ1v) is 9.73. The van der Waals surface area contributed by atoms with E-state index in [0.717, 1.165) is 12.3 Å². The number of nitrogens with one attached hydrogen (secondary N) is 1. The van der Waals surface area contributed by atoms with Crippen molar-refractivity contribution in [1.29, 1.82) is 0 Å². The number of piperidine rings is 1. The van der Waals surface area contributed by atoms with Gasteiger partial charge in [0.15, 0.2) is 6.10 Å². The number of amides is 1. The van der Waals surface area contributed by atoms with Crippen molar-refractivity contribution < 1.29 is 27.1 Å². The van der Waals surface area contributed by atoms with Gasteiger partial charge in [0.05, 0.1) is 12.2 Å². The van der Waals surface area contributed by atoms with Crippen LogP contribution in [0.15, 0.2) is 24.3 Å². The molecule has 0 spiro atoms. The highest BCUT2D eigenvalue weighted by atomic mass is 32.2. The van der Waals surface area contributed by atoms with E-state index in [0.29, 0.717) is 12.8 Å². The van der Waals surface area contributed by atoms with Gasteiger partial charge in [0.2, 0.25) is 10.0 Å². The lowest BCUT2D eigenvalue weighted by Crippen LogP contribution is -2.41. The number of rotatable bonds is 5. The van der Waals surface area contributed by atoms with E-state index in [-0.39, 0.29) is 18.8 Å². The highest BCUT2D eigenvalue weighted by Crippen LogP contribution is 2.21. The lowest BCUT2D eigenvalue weighted by atomic mass is 9.98. The molecule has 1 saturated heterocycles. The van der Waals surface area contributed by atoms with Crippen molar-refractivity contribution in [3.8, 4) is 0 Å². The first-order valence-electron chi connectivity index (χ1n) is 7.89. The minimum absolute atomic E-state index is 0.252. The Morgan fingerprint density at radius 3 is 2.52 bits per heavy atom. The summed E-state index contributed by atoms with van der Waals surface area (Å²) in [5.41, 5.74) is 0.273. The average Bonchev–Trinajstić information content (AvgIpc) is 2.54. The molecule has 1 aromatic rings. The third-order valence-corrected chi connectivity index (χ3v) is 5.31. The zero-order chi connectivity index (χ0) is 18.6. The van der Waals surface area contributed by atoms with Gasteiger partial charge in [0.25, 0.3) is 5.91 Å².